The largest absolute Gasteiger partial charge is 0.476 e. The van der Waals surface area contributed by atoms with Crippen molar-refractivity contribution in [3.63, 3.8) is 0 Å². The number of ether oxygens (including phenoxy) is 2. The molecule has 0 amide bonds. The zero-order valence-corrected chi connectivity index (χ0v) is 25.4. The van der Waals surface area contributed by atoms with Crippen LogP contribution in [0.1, 0.15) is 35.6 Å². The number of nitrogens with zero attached hydrogens (tertiary/aromatic N) is 8. The molecule has 12 nitrogen and oxygen atoms in total. The molecule has 2 atom stereocenters. The van der Waals surface area contributed by atoms with E-state index in [1.165, 1.54) is 6.21 Å². The minimum atomic E-state index is -0.259. The van der Waals surface area contributed by atoms with Crippen molar-refractivity contribution in [2.75, 3.05) is 33.4 Å². The average Bonchev–Trinajstić information content (AvgIpc) is 3.55. The van der Waals surface area contributed by atoms with Crippen LogP contribution in [0.15, 0.2) is 12.3 Å². The van der Waals surface area contributed by atoms with Crippen LogP contribution >= 0.6 is 28.4 Å². The zero-order valence-electron chi connectivity index (χ0n) is 22.2. The van der Waals surface area contributed by atoms with Gasteiger partial charge < -0.3 is 20.0 Å². The van der Waals surface area contributed by atoms with Crippen LogP contribution in [0.5, 0.6) is 11.8 Å². The van der Waals surface area contributed by atoms with Crippen LogP contribution < -0.4 is 9.47 Å². The van der Waals surface area contributed by atoms with Crippen LogP contribution in [0.3, 0.4) is 0 Å². The number of nitrogens with one attached hydrogen (secondary N) is 1. The Balaban J connectivity index is 1.73. The van der Waals surface area contributed by atoms with Crippen molar-refractivity contribution in [3.8, 4) is 23.0 Å². The predicted molar refractivity (Wildman–Crippen MR) is 161 cm³/mol. The van der Waals surface area contributed by atoms with Gasteiger partial charge in [0.15, 0.2) is 0 Å². The minimum Gasteiger partial charge on any atom is -0.476 e. The highest BCUT2D eigenvalue weighted by Gasteiger charge is 2.24. The molecule has 14 heteroatoms. The lowest BCUT2D eigenvalue weighted by Gasteiger charge is -2.20. The molecule has 39 heavy (non-hydrogen) atoms. The van der Waals surface area contributed by atoms with Gasteiger partial charge in [0, 0.05) is 31.7 Å². The van der Waals surface area contributed by atoms with E-state index in [9.17, 15) is 5.11 Å². The number of hydrogen-bond donors (Lipinski definition) is 2. The lowest BCUT2D eigenvalue weighted by atomic mass is 10.1. The van der Waals surface area contributed by atoms with Crippen molar-refractivity contribution in [3.05, 3.63) is 34.9 Å². The Morgan fingerprint density at radius 2 is 2.10 bits per heavy atom. The van der Waals surface area contributed by atoms with Gasteiger partial charge in [-0.25, -0.2) is 9.13 Å². The van der Waals surface area contributed by atoms with E-state index in [4.69, 9.17) is 30.1 Å². The molecule has 0 fully saturated rings. The molecule has 5 rings (SSSR count). The third kappa shape index (κ3) is 5.32. The summed E-state index contributed by atoms with van der Waals surface area (Å²) in [6.45, 7) is 5.52. The Labute approximate surface area is 240 Å². The van der Waals surface area contributed by atoms with E-state index in [1.807, 2.05) is 61.5 Å². The van der Waals surface area contributed by atoms with Crippen molar-refractivity contribution in [2.45, 2.75) is 26.4 Å². The number of fused-ring (bicyclic) bond motifs is 4. The van der Waals surface area contributed by atoms with Gasteiger partial charge in [-0.2, -0.15) is 10.2 Å². The fourth-order valence-electron chi connectivity index (χ4n) is 4.71. The summed E-state index contributed by atoms with van der Waals surface area (Å²) in [6, 6.07) is 1.79. The first-order chi connectivity index (χ1) is 18.9. The van der Waals surface area contributed by atoms with Crippen LogP contribution in [-0.2, 0) is 13.6 Å². The van der Waals surface area contributed by atoms with Gasteiger partial charge in [-0.15, -0.1) is 5.10 Å². The topological polar surface area (TPSA) is 132 Å². The van der Waals surface area contributed by atoms with Gasteiger partial charge in [0.2, 0.25) is 11.8 Å². The molecule has 1 aliphatic heterocycles. The third-order valence-corrected chi connectivity index (χ3v) is 8.51. The van der Waals surface area contributed by atoms with Gasteiger partial charge in [-0.1, -0.05) is 0 Å². The fourth-order valence-corrected chi connectivity index (χ4v) is 6.23. The summed E-state index contributed by atoms with van der Waals surface area (Å²) >= 11 is 2.32. The standard InChI is InChI=1S/C25H31IN9O3P/c1-15(14-36)34-22-13-32(3)8-10-38-25-23(16(2)29-33(25)4)20-11-18-19(30-35(39-26)21(18)12-28-20)6-5-17(22)24(31-34)37-9-7-27/h5-7,11-12,15,27,36,39H,8-10,13-14H2,1-4H3/b6-5+,27-7?. The Morgan fingerprint density at radius 1 is 1.28 bits per heavy atom. The molecule has 1 aliphatic rings. The molecule has 4 aromatic heterocycles. The van der Waals surface area contributed by atoms with E-state index in [0.717, 1.165) is 44.8 Å². The monoisotopic (exact) mass is 663 g/mol. The first-order valence-electron chi connectivity index (χ1n) is 12.5. The lowest BCUT2D eigenvalue weighted by Crippen LogP contribution is -2.27. The molecule has 0 radical (unpaired) electrons. The molecule has 0 spiro atoms. The highest BCUT2D eigenvalue weighted by Crippen LogP contribution is 2.37. The molecule has 2 unspecified atom stereocenters. The second-order valence-electron chi connectivity index (χ2n) is 9.43. The predicted octanol–water partition coefficient (Wildman–Crippen LogP) is 3.70. The zero-order chi connectivity index (χ0) is 27.7. The van der Waals surface area contributed by atoms with Crippen molar-refractivity contribution in [1.29, 1.82) is 5.41 Å². The van der Waals surface area contributed by atoms with Gasteiger partial charge in [-0.3, -0.25) is 14.6 Å². The van der Waals surface area contributed by atoms with E-state index in [1.54, 1.807) is 4.68 Å². The first-order valence-corrected chi connectivity index (χ1v) is 16.5. The van der Waals surface area contributed by atoms with Crippen molar-refractivity contribution < 1.29 is 14.6 Å². The molecule has 206 valence electrons. The number of pyridine rings is 1. The maximum Gasteiger partial charge on any atom is 0.240 e. The number of aliphatic hydroxyl groups is 1. The van der Waals surface area contributed by atoms with E-state index in [2.05, 4.69) is 32.0 Å². The number of halogens is 1. The van der Waals surface area contributed by atoms with Crippen molar-refractivity contribution in [2.24, 2.45) is 7.05 Å². The molecule has 2 bridgehead atoms. The molecule has 4 aromatic rings. The van der Waals surface area contributed by atoms with E-state index >= 15 is 0 Å². The summed E-state index contributed by atoms with van der Waals surface area (Å²) in [6.07, 6.45) is 7.39. The maximum absolute atomic E-state index is 9.96. The van der Waals surface area contributed by atoms with E-state index in [-0.39, 0.29) is 19.3 Å². The second-order valence-corrected chi connectivity index (χ2v) is 11.5. The Hall–Kier alpha value is -2.87. The van der Waals surface area contributed by atoms with Crippen molar-refractivity contribution in [1.82, 2.24) is 39.0 Å². The molecule has 0 aromatic carbocycles. The number of aromatic nitrogens is 7. The molecule has 0 saturated heterocycles. The highest BCUT2D eigenvalue weighted by molar-refractivity contribution is 14.2. The molecular weight excluding hydrogens is 632 g/mol. The van der Waals surface area contributed by atoms with Gasteiger partial charge in [0.25, 0.3) is 0 Å². The van der Waals surface area contributed by atoms with Crippen molar-refractivity contribution >= 4 is 57.7 Å². The fraction of sp³-hybridized carbons (Fsp3) is 0.400. The smallest absolute Gasteiger partial charge is 0.240 e. The molecule has 5 heterocycles. The van der Waals surface area contributed by atoms with E-state index < -0.39 is 0 Å². The number of aryl methyl sites for hydroxylation is 2. The lowest BCUT2D eigenvalue weighted by molar-refractivity contribution is 0.204. The Bertz CT molecular complexity index is 1540. The molecule has 0 saturated carbocycles. The second kappa shape index (κ2) is 11.7. The summed E-state index contributed by atoms with van der Waals surface area (Å²) in [5, 5.41) is 32.5. The van der Waals surface area contributed by atoms with Crippen LogP contribution in [0.25, 0.3) is 34.3 Å². The maximum atomic E-state index is 9.96. The third-order valence-electron chi connectivity index (χ3n) is 6.64. The van der Waals surface area contributed by atoms with Gasteiger partial charge >= 0.3 is 0 Å². The summed E-state index contributed by atoms with van der Waals surface area (Å²) < 4.78 is 17.7. The number of aliphatic hydroxyl groups excluding tert-OH is 1. The summed E-state index contributed by atoms with van der Waals surface area (Å²) in [5.41, 5.74) is 5.89. The van der Waals surface area contributed by atoms with Crippen LogP contribution in [-0.4, -0.2) is 83.7 Å². The highest BCUT2D eigenvalue weighted by atomic mass is 127. The van der Waals surface area contributed by atoms with Crippen LogP contribution in [0.4, 0.5) is 0 Å². The number of rotatable bonds is 6. The molecular formula is C25H31IN9O3P. The van der Waals surface area contributed by atoms with Crippen LogP contribution in [0.2, 0.25) is 0 Å². The van der Waals surface area contributed by atoms with Gasteiger partial charge in [0.1, 0.15) is 13.2 Å². The normalized spacial score (nSPS) is 16.1. The quantitative estimate of drug-likeness (QED) is 0.182. The minimum absolute atomic E-state index is 0.0707. The Morgan fingerprint density at radius 3 is 2.85 bits per heavy atom. The van der Waals surface area contributed by atoms with E-state index in [0.29, 0.717) is 37.8 Å². The Kier molecular flexibility index (Phi) is 8.31. The summed E-state index contributed by atoms with van der Waals surface area (Å²) in [4.78, 5) is 6.92. The molecule has 0 aliphatic carbocycles. The van der Waals surface area contributed by atoms with Crippen LogP contribution in [0, 0.1) is 12.3 Å². The molecule has 2 N–H and O–H groups in total. The van der Waals surface area contributed by atoms with Gasteiger partial charge in [-0.05, 0) is 61.2 Å². The summed E-state index contributed by atoms with van der Waals surface area (Å²) in [7, 11) is 3.89. The average molecular weight is 663 g/mol. The summed E-state index contributed by atoms with van der Waals surface area (Å²) in [5.74, 6) is 1.08. The first kappa shape index (κ1) is 27.7. The number of likely N-dealkylation sites (N-methyl/N-ethyl adjacent to an activating group) is 1. The number of hydrogen-bond acceptors (Lipinski definition) is 9. The SMILES string of the molecule is Cc1nn(C)c2c1-c1cc3c(nn(PI)c3cn1)/C=C/c1c(OCC=N)nn(C(C)CO)c1CN(C)CCO2. The van der Waals surface area contributed by atoms with Gasteiger partial charge in [0.05, 0.1) is 64.6 Å².